The molecule has 0 spiro atoms. The molecule has 0 amide bonds. The zero-order chi connectivity index (χ0) is 16.5. The summed E-state index contributed by atoms with van der Waals surface area (Å²) in [7, 11) is 0. The van der Waals surface area contributed by atoms with Crippen LogP contribution in [0.5, 0.6) is 0 Å². The molecule has 23 heavy (non-hydrogen) atoms. The summed E-state index contributed by atoms with van der Waals surface area (Å²) >= 11 is 0. The van der Waals surface area contributed by atoms with Gasteiger partial charge in [-0.1, -0.05) is 56.2 Å². The summed E-state index contributed by atoms with van der Waals surface area (Å²) < 4.78 is 13.4. The van der Waals surface area contributed by atoms with Crippen molar-refractivity contribution in [1.82, 2.24) is 0 Å². The van der Waals surface area contributed by atoms with Gasteiger partial charge in [-0.3, -0.25) is 0 Å². The number of nitrogens with zero attached hydrogens (tertiary/aromatic N) is 2. The van der Waals surface area contributed by atoms with Gasteiger partial charge in [-0.2, -0.15) is 10.2 Å². The van der Waals surface area contributed by atoms with Crippen molar-refractivity contribution in [2.75, 3.05) is 0 Å². The average molecular weight is 310 g/mol. The van der Waals surface area contributed by atoms with Gasteiger partial charge in [0.1, 0.15) is 5.82 Å². The predicted octanol–water partition coefficient (Wildman–Crippen LogP) is 5.32. The first-order valence-corrected chi connectivity index (χ1v) is 8.10. The highest BCUT2D eigenvalue weighted by Gasteiger charge is 1.96. The lowest BCUT2D eigenvalue weighted by Crippen LogP contribution is -1.88. The normalized spacial score (nSPS) is 11.6. The quantitative estimate of drug-likeness (QED) is 0.376. The van der Waals surface area contributed by atoms with Crippen molar-refractivity contribution < 1.29 is 4.39 Å². The summed E-state index contributed by atoms with van der Waals surface area (Å²) in [6.45, 7) is 3.95. The summed E-state index contributed by atoms with van der Waals surface area (Å²) in [5.74, 6) is -0.225. The molecule has 0 fully saturated rings. The van der Waals surface area contributed by atoms with Gasteiger partial charge in [-0.15, -0.1) is 0 Å². The van der Waals surface area contributed by atoms with Crippen LogP contribution in [-0.4, -0.2) is 12.4 Å². The van der Waals surface area contributed by atoms with Crippen molar-refractivity contribution in [1.29, 1.82) is 0 Å². The molecule has 3 heteroatoms. The Morgan fingerprint density at radius 3 is 2.22 bits per heavy atom. The Morgan fingerprint density at radius 1 is 0.913 bits per heavy atom. The van der Waals surface area contributed by atoms with Crippen molar-refractivity contribution in [3.63, 3.8) is 0 Å². The molecule has 0 atom stereocenters. The first-order valence-electron chi connectivity index (χ1n) is 8.10. The van der Waals surface area contributed by atoms with E-state index in [-0.39, 0.29) is 5.82 Å². The van der Waals surface area contributed by atoms with Crippen LogP contribution in [-0.2, 0) is 6.42 Å². The number of rotatable bonds is 7. The van der Waals surface area contributed by atoms with E-state index in [1.165, 1.54) is 30.9 Å². The van der Waals surface area contributed by atoms with Crippen LogP contribution in [0.1, 0.15) is 48.4 Å². The maximum absolute atomic E-state index is 13.4. The summed E-state index contributed by atoms with van der Waals surface area (Å²) in [6, 6.07) is 13.4. The molecular formula is C20H23FN2. The van der Waals surface area contributed by atoms with Gasteiger partial charge in [0.05, 0.1) is 12.4 Å². The number of hydrogen-bond donors (Lipinski definition) is 0. The van der Waals surface area contributed by atoms with Crippen LogP contribution < -0.4 is 0 Å². The van der Waals surface area contributed by atoms with Crippen molar-refractivity contribution >= 4 is 12.4 Å². The molecular weight excluding hydrogens is 287 g/mol. The van der Waals surface area contributed by atoms with E-state index in [0.717, 1.165) is 12.0 Å². The molecule has 0 aliphatic heterocycles. The van der Waals surface area contributed by atoms with Crippen molar-refractivity contribution in [3.8, 4) is 0 Å². The molecule has 0 N–H and O–H groups in total. The zero-order valence-corrected chi connectivity index (χ0v) is 13.8. The van der Waals surface area contributed by atoms with Gasteiger partial charge >= 0.3 is 0 Å². The Hall–Kier alpha value is -2.29. The molecule has 120 valence electrons. The van der Waals surface area contributed by atoms with Crippen LogP contribution in [0.3, 0.4) is 0 Å². The highest BCUT2D eigenvalue weighted by Crippen LogP contribution is 2.09. The molecule has 0 saturated heterocycles. The summed E-state index contributed by atoms with van der Waals surface area (Å²) in [4.78, 5) is 0. The van der Waals surface area contributed by atoms with Gasteiger partial charge in [0.25, 0.3) is 0 Å². The fourth-order valence-electron chi connectivity index (χ4n) is 2.24. The van der Waals surface area contributed by atoms with E-state index in [2.05, 4.69) is 29.3 Å². The standard InChI is InChI=1S/C20H23FN2/c1-3-4-5-6-17-9-11-18(12-10-17)14-22-23-15-19-8-7-16(2)20(21)13-19/h7-15H,3-6H2,1-2H3/b22-14+,23-15+. The lowest BCUT2D eigenvalue weighted by Gasteiger charge is -2.00. The Kier molecular flexibility index (Phi) is 6.67. The number of hydrogen-bond acceptors (Lipinski definition) is 2. The summed E-state index contributed by atoms with van der Waals surface area (Å²) in [5.41, 5.74) is 3.70. The SMILES string of the molecule is CCCCCc1ccc(/C=N/N=C/c2ccc(C)c(F)c2)cc1. The molecule has 2 aromatic rings. The van der Waals surface area contributed by atoms with Crippen LogP contribution in [0.25, 0.3) is 0 Å². The molecule has 2 aromatic carbocycles. The van der Waals surface area contributed by atoms with E-state index in [9.17, 15) is 4.39 Å². The van der Waals surface area contributed by atoms with Crippen molar-refractivity contribution in [2.24, 2.45) is 10.2 Å². The van der Waals surface area contributed by atoms with E-state index in [1.54, 1.807) is 25.4 Å². The lowest BCUT2D eigenvalue weighted by atomic mass is 10.1. The number of halogens is 1. The zero-order valence-electron chi connectivity index (χ0n) is 13.8. The average Bonchev–Trinajstić information content (AvgIpc) is 2.56. The lowest BCUT2D eigenvalue weighted by molar-refractivity contribution is 0.618. The molecule has 0 aromatic heterocycles. The van der Waals surface area contributed by atoms with Gasteiger partial charge in [-0.25, -0.2) is 4.39 Å². The second-order valence-corrected chi connectivity index (χ2v) is 5.70. The second-order valence-electron chi connectivity index (χ2n) is 5.70. The van der Waals surface area contributed by atoms with E-state index >= 15 is 0 Å². The van der Waals surface area contributed by atoms with E-state index in [0.29, 0.717) is 11.1 Å². The molecule has 2 rings (SSSR count). The minimum absolute atomic E-state index is 0.225. The van der Waals surface area contributed by atoms with Gasteiger partial charge in [-0.05, 0) is 48.1 Å². The minimum Gasteiger partial charge on any atom is -0.207 e. The molecule has 0 aliphatic carbocycles. The Morgan fingerprint density at radius 2 is 1.57 bits per heavy atom. The van der Waals surface area contributed by atoms with Crippen LogP contribution >= 0.6 is 0 Å². The topological polar surface area (TPSA) is 24.7 Å². The second kappa shape index (κ2) is 8.99. The number of aryl methyl sites for hydroxylation is 2. The minimum atomic E-state index is -0.225. The van der Waals surface area contributed by atoms with Crippen LogP contribution in [0, 0.1) is 12.7 Å². The Labute approximate surface area is 137 Å². The molecule has 0 saturated carbocycles. The van der Waals surface area contributed by atoms with Crippen LogP contribution in [0.2, 0.25) is 0 Å². The van der Waals surface area contributed by atoms with Crippen molar-refractivity contribution in [2.45, 2.75) is 39.5 Å². The first kappa shape index (κ1) is 17.1. The highest BCUT2D eigenvalue weighted by molar-refractivity contribution is 5.82. The highest BCUT2D eigenvalue weighted by atomic mass is 19.1. The monoisotopic (exact) mass is 310 g/mol. The fraction of sp³-hybridized carbons (Fsp3) is 0.300. The molecule has 0 radical (unpaired) electrons. The third-order valence-electron chi connectivity index (χ3n) is 3.72. The molecule has 0 bridgehead atoms. The predicted molar refractivity (Wildman–Crippen MR) is 96.0 cm³/mol. The van der Waals surface area contributed by atoms with Gasteiger partial charge < -0.3 is 0 Å². The smallest absolute Gasteiger partial charge is 0.126 e. The molecule has 2 nitrogen and oxygen atoms in total. The largest absolute Gasteiger partial charge is 0.207 e. The first-order chi connectivity index (χ1) is 11.2. The van der Waals surface area contributed by atoms with Gasteiger partial charge in [0, 0.05) is 0 Å². The molecule has 0 heterocycles. The van der Waals surface area contributed by atoms with Gasteiger partial charge in [0.2, 0.25) is 0 Å². The summed E-state index contributed by atoms with van der Waals surface area (Å²) in [5, 5.41) is 7.98. The number of unbranched alkanes of at least 4 members (excludes halogenated alkanes) is 2. The van der Waals surface area contributed by atoms with Crippen LogP contribution in [0.15, 0.2) is 52.7 Å². The summed E-state index contributed by atoms with van der Waals surface area (Å²) in [6.07, 6.45) is 8.14. The number of benzene rings is 2. The molecule has 0 unspecified atom stereocenters. The molecule has 0 aliphatic rings. The maximum atomic E-state index is 13.4. The maximum Gasteiger partial charge on any atom is 0.126 e. The third-order valence-corrected chi connectivity index (χ3v) is 3.72. The third kappa shape index (κ3) is 5.78. The van der Waals surface area contributed by atoms with E-state index < -0.39 is 0 Å². The van der Waals surface area contributed by atoms with Crippen molar-refractivity contribution in [3.05, 3.63) is 70.5 Å². The van der Waals surface area contributed by atoms with Crippen LogP contribution in [0.4, 0.5) is 4.39 Å². The Bertz CT molecular complexity index is 673. The fourth-order valence-corrected chi connectivity index (χ4v) is 2.24. The van der Waals surface area contributed by atoms with E-state index in [1.807, 2.05) is 18.2 Å². The van der Waals surface area contributed by atoms with E-state index in [4.69, 9.17) is 0 Å². The Balaban J connectivity index is 1.89. The van der Waals surface area contributed by atoms with Gasteiger partial charge in [0.15, 0.2) is 0 Å².